The van der Waals surface area contributed by atoms with Crippen molar-refractivity contribution in [3.63, 3.8) is 0 Å². The molecular weight excluding hydrogens is 284 g/mol. The van der Waals surface area contributed by atoms with Crippen molar-refractivity contribution in [2.75, 3.05) is 20.2 Å². The number of carboxylic acids is 1. The summed E-state index contributed by atoms with van der Waals surface area (Å²) in [5.41, 5.74) is 5.18. The lowest BCUT2D eigenvalue weighted by Gasteiger charge is -2.41. The van der Waals surface area contributed by atoms with Crippen LogP contribution >= 0.6 is 0 Å². The van der Waals surface area contributed by atoms with Crippen molar-refractivity contribution in [2.45, 2.75) is 30.9 Å². The summed E-state index contributed by atoms with van der Waals surface area (Å²) in [7, 11) is 1.53. The summed E-state index contributed by atoms with van der Waals surface area (Å²) in [5.74, 6) is -1.23. The molecule has 3 N–H and O–H groups in total. The minimum absolute atomic E-state index is 0.113. The molecule has 6 nitrogen and oxygen atoms in total. The maximum Gasteiger partial charge on any atom is 0.314 e. The highest BCUT2D eigenvalue weighted by atomic mass is 16.5. The van der Waals surface area contributed by atoms with Crippen molar-refractivity contribution in [1.82, 2.24) is 4.90 Å². The van der Waals surface area contributed by atoms with Gasteiger partial charge in [0.05, 0.1) is 11.8 Å². The lowest BCUT2D eigenvalue weighted by Crippen LogP contribution is -2.51. The van der Waals surface area contributed by atoms with Crippen molar-refractivity contribution in [3.8, 4) is 0 Å². The molecule has 1 amide bonds. The summed E-state index contributed by atoms with van der Waals surface area (Å²) >= 11 is 0. The summed E-state index contributed by atoms with van der Waals surface area (Å²) in [5, 5.41) is 9.75. The number of benzene rings is 1. The number of rotatable bonds is 6. The molecule has 22 heavy (non-hydrogen) atoms. The van der Waals surface area contributed by atoms with Crippen LogP contribution in [-0.4, -0.2) is 48.3 Å². The van der Waals surface area contributed by atoms with Gasteiger partial charge in [0.2, 0.25) is 5.91 Å². The predicted molar refractivity (Wildman–Crippen MR) is 81.2 cm³/mol. The number of ether oxygens (including phenoxy) is 1. The van der Waals surface area contributed by atoms with Crippen LogP contribution in [0.4, 0.5) is 0 Å². The van der Waals surface area contributed by atoms with Crippen molar-refractivity contribution in [2.24, 2.45) is 5.73 Å². The Balaban J connectivity index is 2.14. The highest BCUT2D eigenvalue weighted by Crippen LogP contribution is 2.36. The van der Waals surface area contributed by atoms with Gasteiger partial charge in [-0.3, -0.25) is 14.5 Å². The van der Waals surface area contributed by atoms with Gasteiger partial charge in [-0.05, 0) is 18.4 Å². The van der Waals surface area contributed by atoms with Crippen molar-refractivity contribution >= 4 is 11.9 Å². The Kier molecular flexibility index (Phi) is 5.15. The SMILES string of the molecule is COC(CC(N)=O)N1CCC(C(=O)O)(c2ccccc2)CC1. The quantitative estimate of drug-likeness (QED) is 0.816. The molecule has 1 unspecified atom stereocenters. The van der Waals surface area contributed by atoms with E-state index in [1.165, 1.54) is 7.11 Å². The van der Waals surface area contributed by atoms with Crippen molar-refractivity contribution < 1.29 is 19.4 Å². The molecule has 0 bridgehead atoms. The van der Waals surface area contributed by atoms with Crippen LogP contribution in [0.3, 0.4) is 0 Å². The number of carboxylic acid groups (broad SMARTS) is 1. The monoisotopic (exact) mass is 306 g/mol. The fourth-order valence-corrected chi connectivity index (χ4v) is 3.11. The fraction of sp³-hybridized carbons (Fsp3) is 0.500. The normalized spacial score (nSPS) is 19.5. The lowest BCUT2D eigenvalue weighted by atomic mass is 9.72. The molecule has 1 aliphatic rings. The largest absolute Gasteiger partial charge is 0.481 e. The number of primary amides is 1. The van der Waals surface area contributed by atoms with Crippen LogP contribution in [0.2, 0.25) is 0 Å². The molecule has 6 heteroatoms. The zero-order valence-corrected chi connectivity index (χ0v) is 12.7. The molecule has 0 aromatic heterocycles. The van der Waals surface area contributed by atoms with Gasteiger partial charge in [0, 0.05) is 20.2 Å². The molecule has 1 saturated heterocycles. The summed E-state index contributed by atoms with van der Waals surface area (Å²) in [4.78, 5) is 24.9. The van der Waals surface area contributed by atoms with Gasteiger partial charge < -0.3 is 15.6 Å². The standard InChI is InChI=1S/C16H22N2O4/c1-22-14(11-13(17)19)18-9-7-16(8-10-18,15(20)21)12-5-3-2-4-6-12/h2-6,14H,7-11H2,1H3,(H2,17,19)(H,20,21). The topological polar surface area (TPSA) is 92.9 Å². The summed E-state index contributed by atoms with van der Waals surface area (Å²) in [6, 6.07) is 9.32. The number of methoxy groups -OCH3 is 1. The number of piperidine rings is 1. The number of nitrogens with zero attached hydrogens (tertiary/aromatic N) is 1. The minimum atomic E-state index is -0.872. The molecule has 0 spiro atoms. The number of nitrogens with two attached hydrogens (primary N) is 1. The summed E-state index contributed by atoms with van der Waals surface area (Å²) in [6.45, 7) is 1.10. The maximum absolute atomic E-state index is 11.9. The van der Waals surface area contributed by atoms with Gasteiger partial charge in [-0.1, -0.05) is 30.3 Å². The number of carbonyl (C=O) groups excluding carboxylic acids is 1. The minimum Gasteiger partial charge on any atom is -0.481 e. The number of hydrogen-bond donors (Lipinski definition) is 2. The Bertz CT molecular complexity index is 524. The van der Waals surface area contributed by atoms with Crippen LogP contribution in [0, 0.1) is 0 Å². The smallest absolute Gasteiger partial charge is 0.314 e. The number of carbonyl (C=O) groups is 2. The first-order valence-corrected chi connectivity index (χ1v) is 7.33. The molecule has 1 aromatic carbocycles. The van der Waals surface area contributed by atoms with Gasteiger partial charge in [-0.2, -0.15) is 0 Å². The zero-order chi connectivity index (χ0) is 16.2. The highest BCUT2D eigenvalue weighted by Gasteiger charge is 2.44. The number of aliphatic carboxylic acids is 1. The third-order valence-electron chi connectivity index (χ3n) is 4.44. The number of hydrogen-bond acceptors (Lipinski definition) is 4. The van der Waals surface area contributed by atoms with E-state index in [4.69, 9.17) is 10.5 Å². The molecule has 1 atom stereocenters. The second-order valence-corrected chi connectivity index (χ2v) is 5.65. The van der Waals surface area contributed by atoms with Crippen LogP contribution in [0.15, 0.2) is 30.3 Å². The van der Waals surface area contributed by atoms with E-state index in [0.717, 1.165) is 5.56 Å². The van der Waals surface area contributed by atoms with E-state index in [0.29, 0.717) is 25.9 Å². The third-order valence-corrected chi connectivity index (χ3v) is 4.44. The van der Waals surface area contributed by atoms with E-state index in [1.54, 1.807) is 0 Å². The van der Waals surface area contributed by atoms with E-state index in [1.807, 2.05) is 35.2 Å². The van der Waals surface area contributed by atoms with Gasteiger partial charge >= 0.3 is 5.97 Å². The van der Waals surface area contributed by atoms with Crippen molar-refractivity contribution in [1.29, 1.82) is 0 Å². The second kappa shape index (κ2) is 6.89. The van der Waals surface area contributed by atoms with Gasteiger partial charge in [-0.25, -0.2) is 0 Å². The second-order valence-electron chi connectivity index (χ2n) is 5.65. The van der Waals surface area contributed by atoms with E-state index < -0.39 is 17.3 Å². The third kappa shape index (κ3) is 3.28. The fourth-order valence-electron chi connectivity index (χ4n) is 3.11. The Morgan fingerprint density at radius 2 is 1.91 bits per heavy atom. The lowest BCUT2D eigenvalue weighted by molar-refractivity contribution is -0.148. The molecule has 1 aliphatic heterocycles. The molecule has 0 saturated carbocycles. The molecule has 1 aromatic rings. The maximum atomic E-state index is 11.9. The average Bonchev–Trinajstić information content (AvgIpc) is 2.53. The summed E-state index contributed by atoms with van der Waals surface area (Å²) < 4.78 is 5.31. The molecule has 1 fully saturated rings. The van der Waals surface area contributed by atoms with E-state index in [-0.39, 0.29) is 12.6 Å². The number of likely N-dealkylation sites (tertiary alicyclic amines) is 1. The van der Waals surface area contributed by atoms with E-state index in [2.05, 4.69) is 0 Å². The van der Waals surface area contributed by atoms with E-state index in [9.17, 15) is 14.7 Å². The van der Waals surface area contributed by atoms with Gasteiger partial charge in [0.25, 0.3) is 0 Å². The predicted octanol–water partition coefficient (Wildman–Crippen LogP) is 0.953. The van der Waals surface area contributed by atoms with Crippen molar-refractivity contribution in [3.05, 3.63) is 35.9 Å². The Hall–Kier alpha value is -1.92. The van der Waals surface area contributed by atoms with E-state index >= 15 is 0 Å². The van der Waals surface area contributed by atoms with Crippen LogP contribution in [0.25, 0.3) is 0 Å². The Morgan fingerprint density at radius 3 is 2.36 bits per heavy atom. The molecule has 0 aliphatic carbocycles. The molecule has 2 rings (SSSR count). The number of amides is 1. The van der Waals surface area contributed by atoms with Gasteiger partial charge in [-0.15, -0.1) is 0 Å². The van der Waals surface area contributed by atoms with Gasteiger partial charge in [0.15, 0.2) is 0 Å². The molecule has 1 heterocycles. The Morgan fingerprint density at radius 1 is 1.32 bits per heavy atom. The first-order valence-electron chi connectivity index (χ1n) is 7.33. The van der Waals surface area contributed by atoms with Crippen LogP contribution < -0.4 is 5.73 Å². The molecule has 0 radical (unpaired) electrons. The Labute approximate surface area is 129 Å². The van der Waals surface area contributed by atoms with Gasteiger partial charge in [0.1, 0.15) is 6.23 Å². The average molecular weight is 306 g/mol. The molecular formula is C16H22N2O4. The first kappa shape index (κ1) is 16.5. The highest BCUT2D eigenvalue weighted by molar-refractivity contribution is 5.81. The zero-order valence-electron chi connectivity index (χ0n) is 12.7. The molecule has 120 valence electrons. The van der Waals surface area contributed by atoms with Crippen LogP contribution in [-0.2, 0) is 19.7 Å². The summed E-state index contributed by atoms with van der Waals surface area (Å²) in [6.07, 6.45) is 0.678. The van der Waals surface area contributed by atoms with Crippen LogP contribution in [0.5, 0.6) is 0 Å². The first-order chi connectivity index (χ1) is 10.5. The van der Waals surface area contributed by atoms with Crippen LogP contribution in [0.1, 0.15) is 24.8 Å².